The van der Waals surface area contributed by atoms with E-state index in [0.29, 0.717) is 5.92 Å². The molecule has 1 unspecified atom stereocenters. The molecule has 1 nitrogen and oxygen atoms in total. The van der Waals surface area contributed by atoms with Crippen molar-refractivity contribution in [2.24, 2.45) is 4.99 Å². The molecule has 0 aromatic heterocycles. The molecule has 1 heterocycles. The zero-order chi connectivity index (χ0) is 18.4. The van der Waals surface area contributed by atoms with E-state index in [1.165, 1.54) is 59.6 Å². The molecular weight excluding hydrogens is 334 g/mol. The zero-order valence-corrected chi connectivity index (χ0v) is 17.2. The van der Waals surface area contributed by atoms with Gasteiger partial charge in [0, 0.05) is 10.6 Å². The maximum Gasteiger partial charge on any atom is 0.0658 e. The van der Waals surface area contributed by atoms with E-state index >= 15 is 0 Å². The Kier molecular flexibility index (Phi) is 6.96. The van der Waals surface area contributed by atoms with E-state index in [1.807, 2.05) is 11.8 Å². The Morgan fingerprint density at radius 3 is 2.85 bits per heavy atom. The SMILES string of the molecule is CC(CCCCC(C)c1ccc2c(c1)SCCC2)=Nc1ccccc1C. The molecule has 1 aliphatic rings. The first kappa shape index (κ1) is 19.2. The Balaban J connectivity index is 1.46. The summed E-state index contributed by atoms with van der Waals surface area (Å²) in [5.74, 6) is 1.93. The van der Waals surface area contributed by atoms with Gasteiger partial charge in [-0.15, -0.1) is 11.8 Å². The number of benzene rings is 2. The Labute approximate surface area is 163 Å². The van der Waals surface area contributed by atoms with Crippen LogP contribution < -0.4 is 0 Å². The Hall–Kier alpha value is -1.54. The fourth-order valence-corrected chi connectivity index (χ4v) is 4.70. The fraction of sp³-hybridized carbons (Fsp3) is 0.458. The van der Waals surface area contributed by atoms with Gasteiger partial charge in [0.15, 0.2) is 0 Å². The highest BCUT2D eigenvalue weighted by molar-refractivity contribution is 7.99. The maximum atomic E-state index is 4.80. The number of thioether (sulfide) groups is 1. The summed E-state index contributed by atoms with van der Waals surface area (Å²) >= 11 is 2.04. The second kappa shape index (κ2) is 9.41. The van der Waals surface area contributed by atoms with Crippen molar-refractivity contribution >= 4 is 23.2 Å². The number of rotatable bonds is 7. The van der Waals surface area contributed by atoms with Crippen molar-refractivity contribution in [2.75, 3.05) is 5.75 Å². The Morgan fingerprint density at radius 2 is 2.00 bits per heavy atom. The minimum atomic E-state index is 0.649. The largest absolute Gasteiger partial charge is 0.258 e. The molecular formula is C24H31NS. The van der Waals surface area contributed by atoms with Gasteiger partial charge in [-0.05, 0) is 86.4 Å². The predicted octanol–water partition coefficient (Wildman–Crippen LogP) is 7.49. The molecule has 138 valence electrons. The van der Waals surface area contributed by atoms with Crippen LogP contribution in [-0.2, 0) is 6.42 Å². The maximum absolute atomic E-state index is 4.80. The van der Waals surface area contributed by atoms with Gasteiger partial charge in [-0.2, -0.15) is 0 Å². The third kappa shape index (κ3) is 5.23. The minimum Gasteiger partial charge on any atom is -0.258 e. The summed E-state index contributed by atoms with van der Waals surface area (Å²) in [7, 11) is 0. The van der Waals surface area contributed by atoms with Crippen molar-refractivity contribution in [3.05, 3.63) is 59.2 Å². The van der Waals surface area contributed by atoms with Crippen molar-refractivity contribution in [3.63, 3.8) is 0 Å². The van der Waals surface area contributed by atoms with E-state index in [4.69, 9.17) is 4.99 Å². The highest BCUT2D eigenvalue weighted by Crippen LogP contribution is 2.33. The molecule has 0 saturated carbocycles. The first-order valence-electron chi connectivity index (χ1n) is 9.99. The summed E-state index contributed by atoms with van der Waals surface area (Å²) < 4.78 is 0. The van der Waals surface area contributed by atoms with Gasteiger partial charge in [0.25, 0.3) is 0 Å². The lowest BCUT2D eigenvalue weighted by Crippen LogP contribution is -2.01. The Morgan fingerprint density at radius 1 is 1.15 bits per heavy atom. The normalized spacial score (nSPS) is 15.6. The summed E-state index contributed by atoms with van der Waals surface area (Å²) in [6.07, 6.45) is 7.45. The van der Waals surface area contributed by atoms with Crippen LogP contribution in [-0.4, -0.2) is 11.5 Å². The number of fused-ring (bicyclic) bond motifs is 1. The summed E-state index contributed by atoms with van der Waals surface area (Å²) in [6.45, 7) is 6.67. The predicted molar refractivity (Wildman–Crippen MR) is 116 cm³/mol. The van der Waals surface area contributed by atoms with Crippen molar-refractivity contribution < 1.29 is 0 Å². The molecule has 0 radical (unpaired) electrons. The molecule has 1 aliphatic heterocycles. The average Bonchev–Trinajstić information content (AvgIpc) is 2.66. The molecule has 26 heavy (non-hydrogen) atoms. The lowest BCUT2D eigenvalue weighted by atomic mass is 9.93. The molecule has 3 rings (SSSR count). The molecule has 0 N–H and O–H groups in total. The lowest BCUT2D eigenvalue weighted by molar-refractivity contribution is 0.612. The quantitative estimate of drug-likeness (QED) is 0.366. The van der Waals surface area contributed by atoms with Crippen LogP contribution in [0.15, 0.2) is 52.4 Å². The summed E-state index contributed by atoms with van der Waals surface area (Å²) in [6, 6.07) is 15.6. The third-order valence-corrected chi connectivity index (χ3v) is 6.54. The number of hydrogen-bond donors (Lipinski definition) is 0. The summed E-state index contributed by atoms with van der Waals surface area (Å²) in [5, 5.41) is 0. The standard InChI is InChI=1S/C24H31NS/c1-18(22-15-14-21-12-8-16-26-24(21)17-22)9-4-6-11-20(3)25-23-13-7-5-10-19(23)2/h5,7,10,13-15,17-18H,4,6,8-9,11-12,16H2,1-3H3. The average molecular weight is 366 g/mol. The second-order valence-electron chi connectivity index (χ2n) is 7.60. The van der Waals surface area contributed by atoms with Crippen LogP contribution in [0.25, 0.3) is 0 Å². The smallest absolute Gasteiger partial charge is 0.0658 e. The van der Waals surface area contributed by atoms with Gasteiger partial charge in [0.1, 0.15) is 0 Å². The third-order valence-electron chi connectivity index (χ3n) is 5.36. The number of para-hydroxylation sites is 1. The minimum absolute atomic E-state index is 0.649. The molecule has 0 saturated heterocycles. The molecule has 1 atom stereocenters. The number of nitrogens with zero attached hydrogens (tertiary/aromatic N) is 1. The van der Waals surface area contributed by atoms with E-state index in [1.54, 1.807) is 5.56 Å². The van der Waals surface area contributed by atoms with Gasteiger partial charge in [0.2, 0.25) is 0 Å². The molecule has 0 spiro atoms. The molecule has 0 aliphatic carbocycles. The molecule has 2 aromatic carbocycles. The van der Waals surface area contributed by atoms with Crippen LogP contribution in [0.1, 0.15) is 68.6 Å². The molecule has 0 amide bonds. The van der Waals surface area contributed by atoms with Crippen LogP contribution in [0.4, 0.5) is 5.69 Å². The molecule has 2 aromatic rings. The van der Waals surface area contributed by atoms with Gasteiger partial charge in [-0.25, -0.2) is 0 Å². The van der Waals surface area contributed by atoms with Crippen molar-refractivity contribution in [3.8, 4) is 0 Å². The van der Waals surface area contributed by atoms with Gasteiger partial charge in [-0.1, -0.05) is 43.7 Å². The summed E-state index contributed by atoms with van der Waals surface area (Å²) in [5.41, 5.74) is 6.69. The Bertz CT molecular complexity index is 763. The van der Waals surface area contributed by atoms with Gasteiger partial charge >= 0.3 is 0 Å². The second-order valence-corrected chi connectivity index (χ2v) is 8.74. The molecule has 2 heteroatoms. The van der Waals surface area contributed by atoms with Crippen LogP contribution in [0.5, 0.6) is 0 Å². The first-order chi connectivity index (χ1) is 12.6. The fourth-order valence-electron chi connectivity index (χ4n) is 3.61. The van der Waals surface area contributed by atoms with Gasteiger partial charge in [0.05, 0.1) is 5.69 Å². The number of unbranched alkanes of at least 4 members (excludes halogenated alkanes) is 1. The van der Waals surface area contributed by atoms with E-state index in [9.17, 15) is 0 Å². The summed E-state index contributed by atoms with van der Waals surface area (Å²) in [4.78, 5) is 6.32. The number of aryl methyl sites for hydroxylation is 2. The van der Waals surface area contributed by atoms with Crippen molar-refractivity contribution in [2.45, 2.75) is 70.1 Å². The zero-order valence-electron chi connectivity index (χ0n) is 16.4. The topological polar surface area (TPSA) is 12.4 Å². The van der Waals surface area contributed by atoms with Gasteiger partial charge in [-0.3, -0.25) is 4.99 Å². The van der Waals surface area contributed by atoms with E-state index in [2.05, 4.69) is 63.2 Å². The van der Waals surface area contributed by atoms with Crippen molar-refractivity contribution in [1.82, 2.24) is 0 Å². The van der Waals surface area contributed by atoms with Crippen LogP contribution in [0, 0.1) is 6.92 Å². The number of hydrogen-bond acceptors (Lipinski definition) is 2. The first-order valence-corrected chi connectivity index (χ1v) is 11.0. The lowest BCUT2D eigenvalue weighted by Gasteiger charge is -2.19. The van der Waals surface area contributed by atoms with E-state index in [0.717, 1.165) is 12.1 Å². The van der Waals surface area contributed by atoms with Crippen molar-refractivity contribution in [1.29, 1.82) is 0 Å². The molecule has 0 fully saturated rings. The van der Waals surface area contributed by atoms with E-state index in [-0.39, 0.29) is 0 Å². The van der Waals surface area contributed by atoms with Crippen LogP contribution in [0.3, 0.4) is 0 Å². The van der Waals surface area contributed by atoms with Crippen LogP contribution >= 0.6 is 11.8 Å². The van der Waals surface area contributed by atoms with E-state index < -0.39 is 0 Å². The van der Waals surface area contributed by atoms with Gasteiger partial charge < -0.3 is 0 Å². The highest BCUT2D eigenvalue weighted by Gasteiger charge is 2.13. The molecule has 0 bridgehead atoms. The number of aliphatic imine (C=N–C) groups is 1. The highest BCUT2D eigenvalue weighted by atomic mass is 32.2. The monoisotopic (exact) mass is 365 g/mol. The van der Waals surface area contributed by atoms with Crippen LogP contribution in [0.2, 0.25) is 0 Å².